The van der Waals surface area contributed by atoms with E-state index in [-0.39, 0.29) is 6.03 Å². The van der Waals surface area contributed by atoms with Crippen molar-refractivity contribution < 1.29 is 9.53 Å². The number of nitrogens with zero attached hydrogens (tertiary/aromatic N) is 5. The third-order valence-electron chi connectivity index (χ3n) is 4.30. The lowest BCUT2D eigenvalue weighted by molar-refractivity contribution is 0.201. The zero-order valence-electron chi connectivity index (χ0n) is 14.8. The zero-order valence-corrected chi connectivity index (χ0v) is 14.8. The van der Waals surface area contributed by atoms with E-state index in [4.69, 9.17) is 4.74 Å². The van der Waals surface area contributed by atoms with Gasteiger partial charge in [-0.2, -0.15) is 5.10 Å². The number of hydrogen-bond acceptors (Lipinski definition) is 5. The topological polar surface area (TPSA) is 85.2 Å². The van der Waals surface area contributed by atoms with Crippen LogP contribution in [0.5, 0.6) is 5.88 Å². The van der Waals surface area contributed by atoms with Crippen LogP contribution in [0.2, 0.25) is 0 Å². The van der Waals surface area contributed by atoms with Gasteiger partial charge in [0.2, 0.25) is 5.88 Å². The second kappa shape index (κ2) is 7.86. The first kappa shape index (κ1) is 17.0. The molecule has 1 fully saturated rings. The van der Waals surface area contributed by atoms with Crippen molar-refractivity contribution in [1.82, 2.24) is 30.0 Å². The van der Waals surface area contributed by atoms with Crippen LogP contribution in [-0.4, -0.2) is 56.9 Å². The second-order valence-corrected chi connectivity index (χ2v) is 6.19. The predicted molar refractivity (Wildman–Crippen MR) is 99.3 cm³/mol. The van der Waals surface area contributed by atoms with Crippen LogP contribution in [0.25, 0.3) is 11.3 Å². The van der Waals surface area contributed by atoms with Crippen molar-refractivity contribution in [2.24, 2.45) is 0 Å². The summed E-state index contributed by atoms with van der Waals surface area (Å²) in [5.41, 5.74) is 2.65. The van der Waals surface area contributed by atoms with Gasteiger partial charge in [0.25, 0.3) is 0 Å². The van der Waals surface area contributed by atoms with Crippen LogP contribution >= 0.6 is 0 Å². The van der Waals surface area contributed by atoms with Crippen LogP contribution in [0.1, 0.15) is 5.56 Å². The molecule has 8 nitrogen and oxygen atoms in total. The number of aromatic nitrogens is 4. The Balaban J connectivity index is 1.44. The smallest absolute Gasteiger partial charge is 0.317 e. The molecule has 0 saturated carbocycles. The van der Waals surface area contributed by atoms with Gasteiger partial charge in [-0.25, -0.2) is 14.8 Å². The highest BCUT2D eigenvalue weighted by atomic mass is 16.5. The SMILES string of the molecule is O=C1NCCN1CCOc1nccnc1-c1cnn(Cc2ccccc2)c1. The van der Waals surface area contributed by atoms with Gasteiger partial charge in [0.05, 0.1) is 19.3 Å². The molecule has 1 aliphatic heterocycles. The van der Waals surface area contributed by atoms with Gasteiger partial charge in [-0.05, 0) is 5.56 Å². The number of benzene rings is 1. The summed E-state index contributed by atoms with van der Waals surface area (Å²) in [5, 5.41) is 7.18. The van der Waals surface area contributed by atoms with Crippen molar-refractivity contribution >= 4 is 6.03 Å². The maximum Gasteiger partial charge on any atom is 0.317 e. The fourth-order valence-corrected chi connectivity index (χ4v) is 2.95. The van der Waals surface area contributed by atoms with Gasteiger partial charge in [-0.15, -0.1) is 0 Å². The summed E-state index contributed by atoms with van der Waals surface area (Å²) >= 11 is 0. The first-order valence-corrected chi connectivity index (χ1v) is 8.83. The van der Waals surface area contributed by atoms with Gasteiger partial charge in [-0.1, -0.05) is 30.3 Å². The van der Waals surface area contributed by atoms with Crippen LogP contribution in [0.15, 0.2) is 55.1 Å². The Morgan fingerprint density at radius 3 is 2.81 bits per heavy atom. The Kier molecular flexibility index (Phi) is 4.95. The molecule has 27 heavy (non-hydrogen) atoms. The van der Waals surface area contributed by atoms with Crippen molar-refractivity contribution in [2.45, 2.75) is 6.54 Å². The summed E-state index contributed by atoms with van der Waals surface area (Å²) in [6.07, 6.45) is 6.91. The molecule has 0 atom stereocenters. The summed E-state index contributed by atoms with van der Waals surface area (Å²) in [6.45, 7) is 2.92. The average molecular weight is 364 g/mol. The largest absolute Gasteiger partial charge is 0.474 e. The molecule has 8 heteroatoms. The van der Waals surface area contributed by atoms with E-state index >= 15 is 0 Å². The van der Waals surface area contributed by atoms with Gasteiger partial charge in [0.15, 0.2) is 0 Å². The van der Waals surface area contributed by atoms with E-state index in [2.05, 4.69) is 32.5 Å². The first-order chi connectivity index (χ1) is 13.3. The van der Waals surface area contributed by atoms with Gasteiger partial charge < -0.3 is 15.0 Å². The third-order valence-corrected chi connectivity index (χ3v) is 4.30. The molecule has 1 saturated heterocycles. The number of hydrogen-bond donors (Lipinski definition) is 1. The maximum absolute atomic E-state index is 11.6. The molecule has 138 valence electrons. The van der Waals surface area contributed by atoms with E-state index in [0.29, 0.717) is 44.4 Å². The van der Waals surface area contributed by atoms with Gasteiger partial charge in [0.1, 0.15) is 12.3 Å². The van der Waals surface area contributed by atoms with Crippen LogP contribution in [0, 0.1) is 0 Å². The Labute approximate surface area is 156 Å². The van der Waals surface area contributed by atoms with E-state index in [0.717, 1.165) is 5.56 Å². The summed E-state index contributed by atoms with van der Waals surface area (Å²) in [7, 11) is 0. The van der Waals surface area contributed by atoms with Gasteiger partial charge in [-0.3, -0.25) is 4.68 Å². The van der Waals surface area contributed by atoms with Crippen molar-refractivity contribution in [1.29, 1.82) is 0 Å². The summed E-state index contributed by atoms with van der Waals surface area (Å²) in [5.74, 6) is 0.441. The number of nitrogens with one attached hydrogen (secondary N) is 1. The van der Waals surface area contributed by atoms with Crippen molar-refractivity contribution in [2.75, 3.05) is 26.2 Å². The molecule has 1 aromatic carbocycles. The number of carbonyl (C=O) groups excluding carboxylic acids is 1. The molecule has 1 aliphatic rings. The zero-order chi connectivity index (χ0) is 18.5. The third kappa shape index (κ3) is 4.05. The Morgan fingerprint density at radius 1 is 1.15 bits per heavy atom. The number of urea groups is 1. The highest BCUT2D eigenvalue weighted by Crippen LogP contribution is 2.25. The molecule has 0 bridgehead atoms. The van der Waals surface area contributed by atoms with Crippen molar-refractivity contribution in [3.05, 3.63) is 60.7 Å². The quantitative estimate of drug-likeness (QED) is 0.691. The molecule has 1 N–H and O–H groups in total. The van der Waals surface area contributed by atoms with Crippen LogP contribution in [0.4, 0.5) is 4.79 Å². The van der Waals surface area contributed by atoms with Crippen molar-refractivity contribution in [3.8, 4) is 17.1 Å². The lowest BCUT2D eigenvalue weighted by Gasteiger charge is -2.14. The number of amides is 2. The summed E-state index contributed by atoms with van der Waals surface area (Å²) < 4.78 is 7.66. The second-order valence-electron chi connectivity index (χ2n) is 6.19. The van der Waals surface area contributed by atoms with Crippen LogP contribution < -0.4 is 10.1 Å². The normalized spacial score (nSPS) is 13.6. The minimum absolute atomic E-state index is 0.0554. The van der Waals surface area contributed by atoms with Gasteiger partial charge in [0, 0.05) is 37.2 Å². The summed E-state index contributed by atoms with van der Waals surface area (Å²) in [4.78, 5) is 22.0. The standard InChI is InChI=1S/C19H20N6O2/c26-19-22-8-9-24(19)10-11-27-18-17(20-6-7-21-18)16-12-23-25(14-16)13-15-4-2-1-3-5-15/h1-7,12,14H,8-11,13H2,(H,22,26). The first-order valence-electron chi connectivity index (χ1n) is 8.83. The average Bonchev–Trinajstić information content (AvgIpc) is 3.32. The fraction of sp³-hybridized carbons (Fsp3) is 0.263. The predicted octanol–water partition coefficient (Wildman–Crippen LogP) is 1.79. The molecule has 0 unspecified atom stereocenters. The molecule has 0 spiro atoms. The lowest BCUT2D eigenvalue weighted by atomic mass is 10.2. The van der Waals surface area contributed by atoms with E-state index in [1.165, 1.54) is 5.56 Å². The molecule has 3 heterocycles. The Bertz CT molecular complexity index is 911. The van der Waals surface area contributed by atoms with E-state index in [1.54, 1.807) is 23.5 Å². The lowest BCUT2D eigenvalue weighted by Crippen LogP contribution is -2.32. The number of rotatable bonds is 7. The van der Waals surface area contributed by atoms with Gasteiger partial charge >= 0.3 is 6.03 Å². The Morgan fingerprint density at radius 2 is 2.00 bits per heavy atom. The van der Waals surface area contributed by atoms with E-state index in [9.17, 15) is 4.79 Å². The minimum atomic E-state index is -0.0554. The van der Waals surface area contributed by atoms with Crippen molar-refractivity contribution in [3.63, 3.8) is 0 Å². The maximum atomic E-state index is 11.6. The van der Waals surface area contributed by atoms with Crippen LogP contribution in [-0.2, 0) is 6.54 Å². The molecular weight excluding hydrogens is 344 g/mol. The summed E-state index contributed by atoms with van der Waals surface area (Å²) in [6, 6.07) is 10.1. The Hall–Kier alpha value is -3.42. The molecule has 2 aromatic heterocycles. The molecule has 0 aliphatic carbocycles. The monoisotopic (exact) mass is 364 g/mol. The number of carbonyl (C=O) groups is 1. The minimum Gasteiger partial charge on any atom is -0.474 e. The van der Waals surface area contributed by atoms with E-state index in [1.807, 2.05) is 29.1 Å². The highest BCUT2D eigenvalue weighted by Gasteiger charge is 2.19. The van der Waals surface area contributed by atoms with Crippen LogP contribution in [0.3, 0.4) is 0 Å². The molecule has 3 aromatic rings. The number of ether oxygens (including phenoxy) is 1. The molecule has 4 rings (SSSR count). The van der Waals surface area contributed by atoms with E-state index < -0.39 is 0 Å². The molecule has 0 radical (unpaired) electrons. The molecular formula is C19H20N6O2. The highest BCUT2D eigenvalue weighted by molar-refractivity contribution is 5.76. The fourth-order valence-electron chi connectivity index (χ4n) is 2.95. The molecule has 2 amide bonds.